The van der Waals surface area contributed by atoms with Crippen molar-refractivity contribution in [1.29, 1.82) is 0 Å². The second-order valence-electron chi connectivity index (χ2n) is 6.11. The summed E-state index contributed by atoms with van der Waals surface area (Å²) in [4.78, 5) is 36.5. The van der Waals surface area contributed by atoms with Gasteiger partial charge in [0, 0.05) is 18.5 Å². The average molecular weight is 380 g/mol. The molecule has 1 aromatic heterocycles. The second kappa shape index (κ2) is 7.17. The van der Waals surface area contributed by atoms with Gasteiger partial charge in [-0.1, -0.05) is 35.5 Å². The van der Waals surface area contributed by atoms with E-state index in [0.717, 1.165) is 12.8 Å². The third-order valence-electron chi connectivity index (χ3n) is 4.25. The molecule has 6 nitrogen and oxygen atoms in total. The van der Waals surface area contributed by atoms with E-state index in [0.29, 0.717) is 16.3 Å². The van der Waals surface area contributed by atoms with Gasteiger partial charge in [0.05, 0.1) is 18.0 Å². The van der Waals surface area contributed by atoms with E-state index >= 15 is 0 Å². The fourth-order valence-corrected chi connectivity index (χ4v) is 3.45. The topological polar surface area (TPSA) is 74.0 Å². The van der Waals surface area contributed by atoms with Crippen molar-refractivity contribution in [3.63, 3.8) is 0 Å². The Morgan fingerprint density at radius 2 is 2.08 bits per heavy atom. The minimum Gasteiger partial charge on any atom is -0.299 e. The van der Waals surface area contributed by atoms with Gasteiger partial charge in [-0.15, -0.1) is 5.10 Å². The molecule has 3 rings (SSSR count). The van der Waals surface area contributed by atoms with Crippen molar-refractivity contribution in [2.24, 2.45) is 13.0 Å². The van der Waals surface area contributed by atoms with Crippen LogP contribution in [0, 0.1) is 5.92 Å². The minimum atomic E-state index is -0.276. The molecule has 0 radical (unpaired) electrons. The van der Waals surface area contributed by atoms with Gasteiger partial charge in [-0.05, 0) is 30.7 Å². The molecular weight excluding hydrogens is 362 g/mol. The summed E-state index contributed by atoms with van der Waals surface area (Å²) in [7, 11) is 1.66. The predicted octanol–water partition coefficient (Wildman–Crippen LogP) is 2.56. The molecule has 132 valence electrons. The number of rotatable bonds is 7. The highest BCUT2D eigenvalue weighted by molar-refractivity contribution is 7.98. The summed E-state index contributed by atoms with van der Waals surface area (Å²) < 4.78 is 2.78. The van der Waals surface area contributed by atoms with Gasteiger partial charge in [-0.25, -0.2) is 9.48 Å². The molecule has 0 bridgehead atoms. The first-order valence-corrected chi connectivity index (χ1v) is 9.53. The van der Waals surface area contributed by atoms with Gasteiger partial charge in [-0.2, -0.15) is 0 Å². The number of hydrogen-bond acceptors (Lipinski definition) is 5. The van der Waals surface area contributed by atoms with Crippen LogP contribution in [0.4, 0.5) is 0 Å². The molecule has 25 heavy (non-hydrogen) atoms. The first-order chi connectivity index (χ1) is 11.9. The van der Waals surface area contributed by atoms with E-state index in [-0.39, 0.29) is 41.2 Å². The van der Waals surface area contributed by atoms with Gasteiger partial charge in [0.25, 0.3) is 0 Å². The van der Waals surface area contributed by atoms with Crippen LogP contribution in [0.3, 0.4) is 0 Å². The lowest BCUT2D eigenvalue weighted by Gasteiger charge is -2.08. The Bertz CT molecular complexity index is 899. The standard InChI is InChI=1S/C17H18ClN3O3S/c1-20-16(25-2)19-21(17(20)24)9-11-4-3-5-12(15(11)18)14(23)8-13(22)10-6-7-10/h3-5,10H,6-9H2,1-2H3. The summed E-state index contributed by atoms with van der Waals surface area (Å²) in [6.07, 6.45) is 3.48. The highest BCUT2D eigenvalue weighted by atomic mass is 35.5. The Hall–Kier alpha value is -1.86. The summed E-state index contributed by atoms with van der Waals surface area (Å²) in [5.74, 6) is -0.248. The molecule has 0 saturated heterocycles. The van der Waals surface area contributed by atoms with E-state index < -0.39 is 0 Å². The molecular formula is C17H18ClN3O3S. The summed E-state index contributed by atoms with van der Waals surface area (Å²) in [6, 6.07) is 5.07. The maximum absolute atomic E-state index is 12.4. The van der Waals surface area contributed by atoms with E-state index in [9.17, 15) is 14.4 Å². The zero-order chi connectivity index (χ0) is 18.1. The number of ketones is 2. The average Bonchev–Trinajstić information content (AvgIpc) is 3.40. The largest absolute Gasteiger partial charge is 0.346 e. The van der Waals surface area contributed by atoms with Crippen molar-refractivity contribution in [3.8, 4) is 0 Å². The first kappa shape index (κ1) is 17.9. The molecule has 0 unspecified atom stereocenters. The summed E-state index contributed by atoms with van der Waals surface area (Å²) in [5, 5.41) is 5.13. The van der Waals surface area contributed by atoms with E-state index in [1.165, 1.54) is 21.0 Å². The Kier molecular flexibility index (Phi) is 5.15. The van der Waals surface area contributed by atoms with Gasteiger partial charge in [0.2, 0.25) is 0 Å². The summed E-state index contributed by atoms with van der Waals surface area (Å²) in [6.45, 7) is 0.170. The summed E-state index contributed by atoms with van der Waals surface area (Å²) in [5.41, 5.74) is 0.697. The molecule has 1 aromatic carbocycles. The van der Waals surface area contributed by atoms with Gasteiger partial charge in [-0.3, -0.25) is 14.2 Å². The fourth-order valence-electron chi connectivity index (χ4n) is 2.63. The third-order valence-corrected chi connectivity index (χ3v) is 5.42. The molecule has 8 heteroatoms. The number of halogens is 1. The molecule has 0 N–H and O–H groups in total. The van der Waals surface area contributed by atoms with Crippen LogP contribution in [0.1, 0.15) is 35.2 Å². The predicted molar refractivity (Wildman–Crippen MR) is 96.5 cm³/mol. The maximum atomic E-state index is 12.4. The normalized spacial score (nSPS) is 13.9. The molecule has 1 saturated carbocycles. The van der Waals surface area contributed by atoms with Gasteiger partial charge >= 0.3 is 5.69 Å². The van der Waals surface area contributed by atoms with Crippen molar-refractivity contribution >= 4 is 34.9 Å². The van der Waals surface area contributed by atoms with Crippen molar-refractivity contribution in [2.45, 2.75) is 31.0 Å². The first-order valence-electron chi connectivity index (χ1n) is 7.93. The number of thioether (sulfide) groups is 1. The summed E-state index contributed by atoms with van der Waals surface area (Å²) >= 11 is 7.75. The molecule has 1 heterocycles. The van der Waals surface area contributed by atoms with E-state index in [1.54, 1.807) is 25.2 Å². The number of benzene rings is 1. The van der Waals surface area contributed by atoms with Crippen LogP contribution >= 0.6 is 23.4 Å². The van der Waals surface area contributed by atoms with Crippen LogP contribution in [0.15, 0.2) is 28.2 Å². The van der Waals surface area contributed by atoms with E-state index in [4.69, 9.17) is 11.6 Å². The molecule has 0 atom stereocenters. The quantitative estimate of drug-likeness (QED) is 0.420. The zero-order valence-corrected chi connectivity index (χ0v) is 15.6. The van der Waals surface area contributed by atoms with Gasteiger partial charge in [0.1, 0.15) is 5.78 Å². The number of hydrogen-bond donors (Lipinski definition) is 0. The van der Waals surface area contributed by atoms with Crippen molar-refractivity contribution in [3.05, 3.63) is 44.8 Å². The molecule has 1 aliphatic rings. The number of carbonyl (C=O) groups is 2. The number of nitrogens with zero attached hydrogens (tertiary/aromatic N) is 3. The highest BCUT2D eigenvalue weighted by Crippen LogP contribution is 2.32. The molecule has 2 aromatic rings. The van der Waals surface area contributed by atoms with Gasteiger partial charge in [0.15, 0.2) is 10.9 Å². The lowest BCUT2D eigenvalue weighted by atomic mass is 10.0. The highest BCUT2D eigenvalue weighted by Gasteiger charge is 2.31. The van der Waals surface area contributed by atoms with Crippen LogP contribution in [-0.2, 0) is 18.4 Å². The van der Waals surface area contributed by atoms with Crippen molar-refractivity contribution in [1.82, 2.24) is 14.3 Å². The fraction of sp³-hybridized carbons (Fsp3) is 0.412. The van der Waals surface area contributed by atoms with Gasteiger partial charge < -0.3 is 0 Å². The van der Waals surface area contributed by atoms with Crippen LogP contribution in [-0.4, -0.2) is 32.2 Å². The van der Waals surface area contributed by atoms with E-state index in [2.05, 4.69) is 5.10 Å². The van der Waals surface area contributed by atoms with Crippen molar-refractivity contribution < 1.29 is 9.59 Å². The van der Waals surface area contributed by atoms with Crippen LogP contribution < -0.4 is 5.69 Å². The zero-order valence-electron chi connectivity index (χ0n) is 14.0. The molecule has 1 fully saturated rings. The van der Waals surface area contributed by atoms with Crippen LogP contribution in [0.2, 0.25) is 5.02 Å². The Morgan fingerprint density at radius 1 is 1.36 bits per heavy atom. The van der Waals surface area contributed by atoms with Crippen LogP contribution in [0.25, 0.3) is 0 Å². The Balaban J connectivity index is 1.84. The number of aromatic nitrogens is 3. The lowest BCUT2D eigenvalue weighted by Crippen LogP contribution is -2.24. The Morgan fingerprint density at radius 3 is 2.68 bits per heavy atom. The SMILES string of the molecule is CSc1nn(Cc2cccc(C(=O)CC(=O)C3CC3)c2Cl)c(=O)n1C. The maximum Gasteiger partial charge on any atom is 0.346 e. The Labute approximate surface area is 154 Å². The molecule has 1 aliphatic carbocycles. The number of Topliss-reactive ketones (excluding diaryl/α,β-unsaturated/α-hetero) is 2. The van der Waals surface area contributed by atoms with Crippen LogP contribution in [0.5, 0.6) is 0 Å². The lowest BCUT2D eigenvalue weighted by molar-refractivity contribution is -0.119. The molecule has 0 amide bonds. The third kappa shape index (κ3) is 3.72. The monoisotopic (exact) mass is 379 g/mol. The minimum absolute atomic E-state index is 0.0166. The van der Waals surface area contributed by atoms with E-state index in [1.807, 2.05) is 6.26 Å². The number of carbonyl (C=O) groups excluding carboxylic acids is 2. The smallest absolute Gasteiger partial charge is 0.299 e. The van der Waals surface area contributed by atoms with Crippen molar-refractivity contribution in [2.75, 3.05) is 6.26 Å². The second-order valence-corrected chi connectivity index (χ2v) is 7.26. The molecule has 0 aliphatic heterocycles. The molecule has 0 spiro atoms.